The first-order valence-electron chi connectivity index (χ1n) is 6.91. The lowest BCUT2D eigenvalue weighted by Gasteiger charge is -2.37. The van der Waals surface area contributed by atoms with Crippen molar-refractivity contribution in [2.45, 2.75) is 43.7 Å². The van der Waals surface area contributed by atoms with Crippen molar-refractivity contribution in [3.8, 4) is 0 Å². The molecule has 0 aliphatic carbocycles. The zero-order valence-electron chi connectivity index (χ0n) is 11.3. The van der Waals surface area contributed by atoms with Gasteiger partial charge in [0.1, 0.15) is 0 Å². The van der Waals surface area contributed by atoms with E-state index in [1.165, 1.54) is 18.9 Å². The van der Waals surface area contributed by atoms with Gasteiger partial charge in [0.25, 0.3) is 0 Å². The predicted molar refractivity (Wildman–Crippen MR) is 80.0 cm³/mol. The van der Waals surface area contributed by atoms with E-state index in [1.807, 2.05) is 0 Å². The smallest absolute Gasteiger partial charge is 0.336 e. The lowest BCUT2D eigenvalue weighted by molar-refractivity contribution is 0.0693. The minimum Gasteiger partial charge on any atom is -0.478 e. The number of carboxylic acids is 1. The van der Waals surface area contributed by atoms with Crippen molar-refractivity contribution >= 4 is 29.2 Å². The summed E-state index contributed by atoms with van der Waals surface area (Å²) in [7, 11) is 2.17. The van der Waals surface area contributed by atoms with Gasteiger partial charge in [0.05, 0.1) is 5.56 Å². The van der Waals surface area contributed by atoms with Crippen molar-refractivity contribution in [1.82, 2.24) is 4.90 Å². The molecular weight excluding hydrogens is 297 g/mol. The van der Waals surface area contributed by atoms with Crippen LogP contribution in [0.25, 0.3) is 0 Å². The summed E-state index contributed by atoms with van der Waals surface area (Å²) in [6.45, 7) is 0. The molecule has 5 heteroatoms. The molecule has 1 N–H and O–H groups in total. The third kappa shape index (κ3) is 2.32. The van der Waals surface area contributed by atoms with E-state index in [4.69, 9.17) is 23.2 Å². The van der Waals surface area contributed by atoms with Crippen molar-refractivity contribution in [2.24, 2.45) is 0 Å². The summed E-state index contributed by atoms with van der Waals surface area (Å²) >= 11 is 12.2. The van der Waals surface area contributed by atoms with Gasteiger partial charge >= 0.3 is 5.97 Å². The lowest BCUT2D eigenvalue weighted by Crippen LogP contribution is -2.39. The van der Waals surface area contributed by atoms with Crippen LogP contribution in [0.15, 0.2) is 12.1 Å². The van der Waals surface area contributed by atoms with Gasteiger partial charge in [-0.25, -0.2) is 4.79 Å². The van der Waals surface area contributed by atoms with Crippen LogP contribution in [0.4, 0.5) is 0 Å². The number of benzene rings is 1. The summed E-state index contributed by atoms with van der Waals surface area (Å²) in [5.74, 6) is -0.727. The number of carbonyl (C=O) groups is 1. The van der Waals surface area contributed by atoms with Crippen LogP contribution in [0.3, 0.4) is 0 Å². The summed E-state index contributed by atoms with van der Waals surface area (Å²) in [5, 5.41) is 10.3. The van der Waals surface area contributed by atoms with Crippen molar-refractivity contribution in [1.29, 1.82) is 0 Å². The number of nitrogens with zero attached hydrogens (tertiary/aromatic N) is 1. The topological polar surface area (TPSA) is 40.5 Å². The normalized spacial score (nSPS) is 29.6. The van der Waals surface area contributed by atoms with Gasteiger partial charge in [0, 0.05) is 22.1 Å². The Kier molecular flexibility index (Phi) is 3.69. The third-order valence-electron chi connectivity index (χ3n) is 4.83. The molecule has 0 aromatic heterocycles. The van der Waals surface area contributed by atoms with E-state index >= 15 is 0 Å². The molecule has 1 aromatic rings. The monoisotopic (exact) mass is 313 g/mol. The maximum Gasteiger partial charge on any atom is 0.336 e. The Bertz CT molecular complexity index is 547. The van der Waals surface area contributed by atoms with Gasteiger partial charge in [-0.3, -0.25) is 0 Å². The number of rotatable bonds is 2. The summed E-state index contributed by atoms with van der Waals surface area (Å²) in [6, 6.07) is 4.27. The highest BCUT2D eigenvalue weighted by Crippen LogP contribution is 2.45. The molecule has 0 saturated carbocycles. The van der Waals surface area contributed by atoms with Gasteiger partial charge in [-0.1, -0.05) is 23.2 Å². The molecule has 0 amide bonds. The highest BCUT2D eigenvalue weighted by molar-refractivity contribution is 6.35. The summed E-state index contributed by atoms with van der Waals surface area (Å²) < 4.78 is 0. The van der Waals surface area contributed by atoms with Crippen molar-refractivity contribution in [3.05, 3.63) is 33.3 Å². The zero-order valence-corrected chi connectivity index (χ0v) is 12.8. The number of aromatic carboxylic acids is 1. The number of piperidine rings is 1. The van der Waals surface area contributed by atoms with E-state index in [1.54, 1.807) is 6.07 Å². The average molecular weight is 314 g/mol. The van der Waals surface area contributed by atoms with E-state index in [9.17, 15) is 9.90 Å². The van der Waals surface area contributed by atoms with E-state index in [-0.39, 0.29) is 11.5 Å². The number of carboxylic acid groups (broad SMARTS) is 1. The molecule has 2 heterocycles. The highest BCUT2D eigenvalue weighted by atomic mass is 35.5. The van der Waals surface area contributed by atoms with Gasteiger partial charge in [-0.2, -0.15) is 0 Å². The zero-order chi connectivity index (χ0) is 14.4. The molecule has 3 atom stereocenters. The lowest BCUT2D eigenvalue weighted by atomic mass is 9.83. The first kappa shape index (κ1) is 14.2. The van der Waals surface area contributed by atoms with Crippen LogP contribution in [0, 0.1) is 0 Å². The van der Waals surface area contributed by atoms with Crippen LogP contribution in [-0.4, -0.2) is 35.1 Å². The molecule has 20 heavy (non-hydrogen) atoms. The molecule has 2 fully saturated rings. The van der Waals surface area contributed by atoms with Gasteiger partial charge in [0.15, 0.2) is 0 Å². The van der Waals surface area contributed by atoms with Crippen molar-refractivity contribution in [2.75, 3.05) is 7.05 Å². The molecule has 3 nitrogen and oxygen atoms in total. The van der Waals surface area contributed by atoms with Crippen LogP contribution in [0.5, 0.6) is 0 Å². The number of fused-ring (bicyclic) bond motifs is 2. The van der Waals surface area contributed by atoms with E-state index in [2.05, 4.69) is 11.9 Å². The minimum atomic E-state index is -0.948. The molecule has 0 unspecified atom stereocenters. The van der Waals surface area contributed by atoms with Gasteiger partial charge in [-0.15, -0.1) is 0 Å². The van der Waals surface area contributed by atoms with E-state index < -0.39 is 5.97 Å². The second-order valence-electron chi connectivity index (χ2n) is 5.87. The molecule has 1 aromatic carbocycles. The molecule has 2 bridgehead atoms. The number of hydrogen-bond acceptors (Lipinski definition) is 2. The summed E-state index contributed by atoms with van der Waals surface area (Å²) in [5.41, 5.74) is 1.03. The fourth-order valence-electron chi connectivity index (χ4n) is 3.82. The maximum absolute atomic E-state index is 11.5. The Labute approximate surface area is 128 Å². The number of halogens is 2. The first-order chi connectivity index (χ1) is 9.47. The summed E-state index contributed by atoms with van der Waals surface area (Å²) in [6.07, 6.45) is 4.36. The van der Waals surface area contributed by atoms with Gasteiger partial charge in [0.2, 0.25) is 0 Å². The molecule has 0 spiro atoms. The highest BCUT2D eigenvalue weighted by Gasteiger charge is 2.40. The average Bonchev–Trinajstić information content (AvgIpc) is 2.61. The van der Waals surface area contributed by atoms with E-state index in [0.717, 1.165) is 18.4 Å². The summed E-state index contributed by atoms with van der Waals surface area (Å²) in [4.78, 5) is 13.9. The second-order valence-corrected chi connectivity index (χ2v) is 6.72. The standard InChI is InChI=1S/C15H17Cl2NO2/c1-18-10-2-3-11(18)5-8(4-10)14-12(15(19)20)6-9(16)7-13(14)17/h6-8,10-11H,2-5H2,1H3,(H,19,20)/t8-,10-,11+. The molecule has 0 radical (unpaired) electrons. The molecule has 3 rings (SSSR count). The Morgan fingerprint density at radius 2 is 1.85 bits per heavy atom. The van der Waals surface area contributed by atoms with Crippen LogP contribution in [0.1, 0.15) is 47.5 Å². The van der Waals surface area contributed by atoms with Crippen LogP contribution in [-0.2, 0) is 0 Å². The molecular formula is C15H17Cl2NO2. The van der Waals surface area contributed by atoms with Crippen LogP contribution >= 0.6 is 23.2 Å². The van der Waals surface area contributed by atoms with Crippen molar-refractivity contribution in [3.63, 3.8) is 0 Å². The Hall–Kier alpha value is -0.770. The number of hydrogen-bond donors (Lipinski definition) is 1. The Morgan fingerprint density at radius 3 is 2.40 bits per heavy atom. The molecule has 2 aliphatic rings. The van der Waals surface area contributed by atoms with Gasteiger partial charge < -0.3 is 10.0 Å². The molecule has 108 valence electrons. The fourth-order valence-corrected chi connectivity index (χ4v) is 4.47. The third-order valence-corrected chi connectivity index (χ3v) is 5.36. The Morgan fingerprint density at radius 1 is 1.25 bits per heavy atom. The van der Waals surface area contributed by atoms with Gasteiger partial charge in [-0.05, 0) is 56.3 Å². The predicted octanol–water partition coefficient (Wildman–Crippen LogP) is 4.03. The fraction of sp³-hybridized carbons (Fsp3) is 0.533. The van der Waals surface area contributed by atoms with E-state index in [0.29, 0.717) is 22.1 Å². The SMILES string of the molecule is CN1[C@@H]2CC[C@H]1C[C@H](c1c(Cl)cc(Cl)cc1C(=O)O)C2. The van der Waals surface area contributed by atoms with Crippen LogP contribution in [0.2, 0.25) is 10.0 Å². The maximum atomic E-state index is 11.5. The minimum absolute atomic E-state index is 0.222. The quantitative estimate of drug-likeness (QED) is 0.896. The molecule has 2 aliphatic heterocycles. The Balaban J connectivity index is 2.00. The second kappa shape index (κ2) is 5.21. The molecule has 2 saturated heterocycles. The van der Waals surface area contributed by atoms with Crippen LogP contribution < -0.4 is 0 Å². The first-order valence-corrected chi connectivity index (χ1v) is 7.67. The largest absolute Gasteiger partial charge is 0.478 e. The van der Waals surface area contributed by atoms with Crippen molar-refractivity contribution < 1.29 is 9.90 Å².